The van der Waals surface area contributed by atoms with E-state index in [1.54, 1.807) is 22.9 Å². The Hall–Kier alpha value is -2.84. The van der Waals surface area contributed by atoms with Crippen molar-refractivity contribution in [3.63, 3.8) is 0 Å². The summed E-state index contributed by atoms with van der Waals surface area (Å²) in [6.07, 6.45) is 1.64. The summed E-state index contributed by atoms with van der Waals surface area (Å²) in [6.45, 7) is 0. The zero-order chi connectivity index (χ0) is 16.6. The molecule has 0 aliphatic carbocycles. The van der Waals surface area contributed by atoms with E-state index in [-0.39, 0.29) is 22.2 Å². The summed E-state index contributed by atoms with van der Waals surface area (Å²) in [4.78, 5) is 0. The number of nitrogens with two attached hydrogens (primary N) is 1. The zero-order valence-electron chi connectivity index (χ0n) is 11.7. The summed E-state index contributed by atoms with van der Waals surface area (Å²) in [5.74, 6) is -0.708. The number of nitrogen functional groups attached to an aromatic ring is 1. The summed E-state index contributed by atoms with van der Waals surface area (Å²) in [6, 6.07) is 11.9. The molecule has 0 aliphatic rings. The molecule has 3 nitrogen and oxygen atoms in total. The van der Waals surface area contributed by atoms with Crippen LogP contribution < -0.4 is 5.73 Å². The molecule has 0 radical (unpaired) electrons. The molecule has 0 saturated carbocycles. The second-order valence-electron chi connectivity index (χ2n) is 4.89. The van der Waals surface area contributed by atoms with Crippen LogP contribution in [0.2, 0.25) is 5.02 Å². The number of aromatic nitrogens is 1. The molecule has 0 aliphatic heterocycles. The van der Waals surface area contributed by atoms with Crippen molar-refractivity contribution < 1.29 is 8.78 Å². The van der Waals surface area contributed by atoms with Gasteiger partial charge in [0.2, 0.25) is 0 Å². The van der Waals surface area contributed by atoms with Crippen molar-refractivity contribution in [2.75, 3.05) is 5.73 Å². The monoisotopic (exact) mass is 329 g/mol. The molecule has 0 atom stereocenters. The maximum atomic E-state index is 13.3. The van der Waals surface area contributed by atoms with Crippen LogP contribution in [0, 0.1) is 23.0 Å². The smallest absolute Gasteiger partial charge is 0.141 e. The minimum Gasteiger partial charge on any atom is -0.384 e. The van der Waals surface area contributed by atoms with Crippen LogP contribution in [-0.2, 0) is 0 Å². The number of hydrogen-bond acceptors (Lipinski definition) is 2. The van der Waals surface area contributed by atoms with E-state index in [0.717, 1.165) is 0 Å². The third kappa shape index (κ3) is 2.65. The SMILES string of the molecule is N#Cc1c(-c2ccc(F)cc2)cn(-c2ccc(F)c(Cl)c2)c1N. The maximum Gasteiger partial charge on any atom is 0.141 e. The largest absolute Gasteiger partial charge is 0.384 e. The average molecular weight is 330 g/mol. The quantitative estimate of drug-likeness (QED) is 0.751. The molecule has 3 aromatic rings. The Morgan fingerprint density at radius 1 is 1.09 bits per heavy atom. The molecule has 0 amide bonds. The van der Waals surface area contributed by atoms with Crippen molar-refractivity contribution in [1.29, 1.82) is 5.26 Å². The third-order valence-electron chi connectivity index (χ3n) is 3.49. The first-order valence-electron chi connectivity index (χ1n) is 6.63. The molecule has 23 heavy (non-hydrogen) atoms. The van der Waals surface area contributed by atoms with E-state index in [9.17, 15) is 14.0 Å². The van der Waals surface area contributed by atoms with Gasteiger partial charge in [0.25, 0.3) is 0 Å². The van der Waals surface area contributed by atoms with Gasteiger partial charge in [0.05, 0.1) is 5.02 Å². The molecule has 1 aromatic heterocycles. The second kappa shape index (κ2) is 5.75. The Morgan fingerprint density at radius 2 is 1.78 bits per heavy atom. The molecule has 0 bridgehead atoms. The molecule has 0 unspecified atom stereocenters. The van der Waals surface area contributed by atoms with E-state index >= 15 is 0 Å². The Bertz CT molecular complexity index is 924. The van der Waals surface area contributed by atoms with Gasteiger partial charge >= 0.3 is 0 Å². The van der Waals surface area contributed by atoms with Gasteiger partial charge in [0.1, 0.15) is 29.1 Å². The number of nitriles is 1. The molecule has 6 heteroatoms. The molecule has 0 spiro atoms. The highest BCUT2D eigenvalue weighted by Crippen LogP contribution is 2.32. The predicted octanol–water partition coefficient (Wildman–Crippen LogP) is 4.53. The predicted molar refractivity (Wildman–Crippen MR) is 85.3 cm³/mol. The van der Waals surface area contributed by atoms with Crippen molar-refractivity contribution >= 4 is 17.4 Å². The molecule has 0 saturated heterocycles. The van der Waals surface area contributed by atoms with E-state index in [2.05, 4.69) is 0 Å². The topological polar surface area (TPSA) is 54.7 Å². The van der Waals surface area contributed by atoms with Crippen molar-refractivity contribution in [3.05, 3.63) is 70.9 Å². The first-order chi connectivity index (χ1) is 11.0. The third-order valence-corrected chi connectivity index (χ3v) is 3.78. The van der Waals surface area contributed by atoms with E-state index < -0.39 is 5.82 Å². The van der Waals surface area contributed by atoms with Gasteiger partial charge in [-0.05, 0) is 35.9 Å². The van der Waals surface area contributed by atoms with Crippen molar-refractivity contribution in [2.24, 2.45) is 0 Å². The van der Waals surface area contributed by atoms with Crippen LogP contribution in [0.15, 0.2) is 48.7 Å². The summed E-state index contributed by atoms with van der Waals surface area (Å²) in [5.41, 5.74) is 8.03. The zero-order valence-corrected chi connectivity index (χ0v) is 12.5. The minimum absolute atomic E-state index is 0.0440. The van der Waals surface area contributed by atoms with E-state index in [0.29, 0.717) is 16.8 Å². The number of anilines is 1. The number of halogens is 3. The lowest BCUT2D eigenvalue weighted by Crippen LogP contribution is -2.00. The maximum absolute atomic E-state index is 13.3. The molecule has 2 N–H and O–H groups in total. The molecular formula is C17H10ClF2N3. The van der Waals surface area contributed by atoms with Crippen molar-refractivity contribution in [3.8, 4) is 22.9 Å². The Kier molecular flexibility index (Phi) is 3.77. The summed E-state index contributed by atoms with van der Waals surface area (Å²) in [5, 5.41) is 9.33. The van der Waals surface area contributed by atoms with Gasteiger partial charge in [0.15, 0.2) is 0 Å². The van der Waals surface area contributed by atoms with Crippen LogP contribution in [0.4, 0.5) is 14.6 Å². The number of hydrogen-bond donors (Lipinski definition) is 1. The normalized spacial score (nSPS) is 10.5. The van der Waals surface area contributed by atoms with Crippen LogP contribution >= 0.6 is 11.6 Å². The Balaban J connectivity index is 2.18. The molecule has 0 fully saturated rings. The molecule has 1 heterocycles. The molecule has 114 valence electrons. The van der Waals surface area contributed by atoms with Crippen LogP contribution in [0.25, 0.3) is 16.8 Å². The van der Waals surface area contributed by atoms with Crippen LogP contribution in [0.5, 0.6) is 0 Å². The lowest BCUT2D eigenvalue weighted by atomic mass is 10.1. The molecule has 3 rings (SSSR count). The average Bonchev–Trinajstić information content (AvgIpc) is 2.87. The lowest BCUT2D eigenvalue weighted by molar-refractivity contribution is 0.627. The van der Waals surface area contributed by atoms with Crippen molar-refractivity contribution in [2.45, 2.75) is 0 Å². The summed E-state index contributed by atoms with van der Waals surface area (Å²) in [7, 11) is 0. The minimum atomic E-state index is -0.541. The van der Waals surface area contributed by atoms with Gasteiger partial charge in [-0.15, -0.1) is 0 Å². The van der Waals surface area contributed by atoms with Crippen molar-refractivity contribution in [1.82, 2.24) is 4.57 Å². The first-order valence-corrected chi connectivity index (χ1v) is 7.01. The van der Waals surface area contributed by atoms with E-state index in [1.807, 2.05) is 6.07 Å². The van der Waals surface area contributed by atoms with Crippen LogP contribution in [-0.4, -0.2) is 4.57 Å². The van der Waals surface area contributed by atoms with Gasteiger partial charge in [0, 0.05) is 17.4 Å². The Morgan fingerprint density at radius 3 is 2.39 bits per heavy atom. The van der Waals surface area contributed by atoms with E-state index in [1.165, 1.54) is 30.3 Å². The fourth-order valence-corrected chi connectivity index (χ4v) is 2.51. The molecule has 2 aromatic carbocycles. The number of benzene rings is 2. The highest BCUT2D eigenvalue weighted by molar-refractivity contribution is 6.30. The lowest BCUT2D eigenvalue weighted by Gasteiger charge is -2.06. The summed E-state index contributed by atoms with van der Waals surface area (Å²) >= 11 is 5.80. The molecular weight excluding hydrogens is 320 g/mol. The fourth-order valence-electron chi connectivity index (χ4n) is 2.34. The second-order valence-corrected chi connectivity index (χ2v) is 5.30. The van der Waals surface area contributed by atoms with Gasteiger partial charge in [-0.3, -0.25) is 0 Å². The number of rotatable bonds is 2. The highest BCUT2D eigenvalue weighted by Gasteiger charge is 2.16. The number of nitrogens with zero attached hydrogens (tertiary/aromatic N) is 2. The first kappa shape index (κ1) is 15.1. The fraction of sp³-hybridized carbons (Fsp3) is 0. The van der Waals surface area contributed by atoms with Gasteiger partial charge in [-0.2, -0.15) is 5.26 Å². The van der Waals surface area contributed by atoms with Gasteiger partial charge in [-0.25, -0.2) is 8.78 Å². The standard InChI is InChI=1S/C17H10ClF2N3/c18-15-7-12(5-6-16(15)20)23-9-14(13(8-21)17(23)22)10-1-3-11(19)4-2-10/h1-7,9H,22H2. The van der Waals surface area contributed by atoms with Crippen LogP contribution in [0.3, 0.4) is 0 Å². The Labute approximate surface area is 136 Å². The summed E-state index contributed by atoms with van der Waals surface area (Å²) < 4.78 is 27.9. The van der Waals surface area contributed by atoms with Gasteiger partial charge < -0.3 is 10.3 Å². The highest BCUT2D eigenvalue weighted by atomic mass is 35.5. The van der Waals surface area contributed by atoms with Crippen LogP contribution in [0.1, 0.15) is 5.56 Å². The van der Waals surface area contributed by atoms with Gasteiger partial charge in [-0.1, -0.05) is 23.7 Å². The van der Waals surface area contributed by atoms with E-state index in [4.69, 9.17) is 17.3 Å².